The molecule has 0 saturated carbocycles. The van der Waals surface area contributed by atoms with Crippen LogP contribution in [0.25, 0.3) is 0 Å². The summed E-state index contributed by atoms with van der Waals surface area (Å²) in [5.74, 6) is -4.14. The zero-order valence-corrected chi connectivity index (χ0v) is 8.59. The zero-order chi connectivity index (χ0) is 13.9. The summed E-state index contributed by atoms with van der Waals surface area (Å²) in [6.07, 6.45) is -5.96. The first-order valence-electron chi connectivity index (χ1n) is 4.44. The molecule has 100 valence electrons. The van der Waals surface area contributed by atoms with Gasteiger partial charge in [0.15, 0.2) is 0 Å². The highest BCUT2D eigenvalue weighted by atomic mass is 19.4. The third-order valence-electron chi connectivity index (χ3n) is 1.79. The number of carboxylic acids is 1. The molecule has 1 rings (SSSR count). The average Bonchev–Trinajstić information content (AvgIpc) is 2.19. The number of nitrogens with zero attached hydrogens (tertiary/aromatic N) is 1. The second kappa shape index (κ2) is 5.15. The summed E-state index contributed by atoms with van der Waals surface area (Å²) < 4.78 is 64.6. The minimum Gasteiger partial charge on any atom is -0.481 e. The number of hydrogen-bond acceptors (Lipinski definition) is 3. The number of rotatable bonds is 4. The molecule has 0 radical (unpaired) electrons. The monoisotopic (exact) mass is 271 g/mol. The highest BCUT2D eigenvalue weighted by Gasteiger charge is 2.33. The standard InChI is InChI=1S/C9H6F5NO3/c10-3-5-1-4(2-6(16)17)7(11)15-8(5)18-9(12,13)14/h1H,2-3H2,(H,16,17). The molecule has 0 aliphatic heterocycles. The summed E-state index contributed by atoms with van der Waals surface area (Å²) in [5, 5.41) is 8.41. The number of aromatic nitrogens is 1. The number of pyridine rings is 1. The van der Waals surface area contributed by atoms with Crippen LogP contribution in [0.2, 0.25) is 0 Å². The zero-order valence-electron chi connectivity index (χ0n) is 8.59. The molecule has 9 heteroatoms. The number of aliphatic carboxylic acids is 1. The van der Waals surface area contributed by atoms with Crippen LogP contribution in [-0.4, -0.2) is 22.4 Å². The van der Waals surface area contributed by atoms with Gasteiger partial charge in [-0.3, -0.25) is 4.79 Å². The second-order valence-electron chi connectivity index (χ2n) is 3.15. The predicted octanol–water partition coefficient (Wildman–Crippen LogP) is 2.22. The lowest BCUT2D eigenvalue weighted by atomic mass is 10.1. The predicted molar refractivity (Wildman–Crippen MR) is 47.0 cm³/mol. The molecule has 1 N–H and O–H groups in total. The highest BCUT2D eigenvalue weighted by Crippen LogP contribution is 2.27. The van der Waals surface area contributed by atoms with Gasteiger partial charge in [-0.2, -0.15) is 9.37 Å². The fourth-order valence-electron chi connectivity index (χ4n) is 1.14. The van der Waals surface area contributed by atoms with Gasteiger partial charge in [0.1, 0.15) is 6.67 Å². The van der Waals surface area contributed by atoms with Gasteiger partial charge in [0.2, 0.25) is 11.8 Å². The third kappa shape index (κ3) is 3.82. The summed E-state index contributed by atoms with van der Waals surface area (Å²) in [6, 6.07) is 0.636. The minimum absolute atomic E-state index is 0.523. The molecule has 0 saturated heterocycles. The van der Waals surface area contributed by atoms with Gasteiger partial charge < -0.3 is 9.84 Å². The number of hydrogen-bond donors (Lipinski definition) is 1. The number of carbonyl (C=O) groups is 1. The summed E-state index contributed by atoms with van der Waals surface area (Å²) in [5.41, 5.74) is -1.20. The normalized spacial score (nSPS) is 11.4. The van der Waals surface area contributed by atoms with E-state index < -0.39 is 48.4 Å². The molecule has 18 heavy (non-hydrogen) atoms. The topological polar surface area (TPSA) is 59.4 Å². The molecule has 0 aromatic carbocycles. The number of alkyl halides is 4. The maximum Gasteiger partial charge on any atom is 0.574 e. The van der Waals surface area contributed by atoms with Gasteiger partial charge in [-0.05, 0) is 6.07 Å². The first-order valence-corrected chi connectivity index (χ1v) is 4.44. The van der Waals surface area contributed by atoms with Crippen LogP contribution in [0.3, 0.4) is 0 Å². The lowest BCUT2D eigenvalue weighted by molar-refractivity contribution is -0.276. The van der Waals surface area contributed by atoms with Crippen molar-refractivity contribution in [3.63, 3.8) is 0 Å². The Hall–Kier alpha value is -1.93. The van der Waals surface area contributed by atoms with Crippen LogP contribution >= 0.6 is 0 Å². The van der Waals surface area contributed by atoms with Crippen LogP contribution in [-0.2, 0) is 17.9 Å². The van der Waals surface area contributed by atoms with E-state index in [1.807, 2.05) is 0 Å². The third-order valence-corrected chi connectivity index (χ3v) is 1.79. The van der Waals surface area contributed by atoms with E-state index in [1.54, 1.807) is 0 Å². The van der Waals surface area contributed by atoms with Gasteiger partial charge in [-0.1, -0.05) is 0 Å². The van der Waals surface area contributed by atoms with Gasteiger partial charge in [0.25, 0.3) is 0 Å². The Morgan fingerprint density at radius 2 is 2.00 bits per heavy atom. The highest BCUT2D eigenvalue weighted by molar-refractivity contribution is 5.70. The lowest BCUT2D eigenvalue weighted by Gasteiger charge is -2.12. The van der Waals surface area contributed by atoms with E-state index in [0.29, 0.717) is 6.07 Å². The van der Waals surface area contributed by atoms with E-state index in [2.05, 4.69) is 9.72 Å². The molecule has 1 aromatic heterocycles. The fraction of sp³-hybridized carbons (Fsp3) is 0.333. The summed E-state index contributed by atoms with van der Waals surface area (Å²) in [4.78, 5) is 13.1. The first-order chi connectivity index (χ1) is 8.23. The van der Waals surface area contributed by atoms with Crippen LogP contribution in [0.5, 0.6) is 5.88 Å². The van der Waals surface area contributed by atoms with Crippen molar-refractivity contribution in [3.8, 4) is 5.88 Å². The van der Waals surface area contributed by atoms with Gasteiger partial charge in [0, 0.05) is 11.1 Å². The Morgan fingerprint density at radius 3 is 2.44 bits per heavy atom. The van der Waals surface area contributed by atoms with E-state index in [4.69, 9.17) is 5.11 Å². The van der Waals surface area contributed by atoms with Crippen molar-refractivity contribution in [2.45, 2.75) is 19.5 Å². The molecule has 4 nitrogen and oxygen atoms in total. The van der Waals surface area contributed by atoms with E-state index >= 15 is 0 Å². The Balaban J connectivity index is 3.14. The van der Waals surface area contributed by atoms with Crippen LogP contribution in [0, 0.1) is 5.95 Å². The quantitative estimate of drug-likeness (QED) is 0.673. The maximum atomic E-state index is 13.2. The number of ether oxygens (including phenoxy) is 1. The molecular formula is C9H6F5NO3. The molecule has 0 aliphatic rings. The van der Waals surface area contributed by atoms with Crippen molar-refractivity contribution in [3.05, 3.63) is 23.1 Å². The summed E-state index contributed by atoms with van der Waals surface area (Å²) in [7, 11) is 0. The molecular weight excluding hydrogens is 265 g/mol. The van der Waals surface area contributed by atoms with Gasteiger partial charge >= 0.3 is 12.3 Å². The molecule has 1 aromatic rings. The smallest absolute Gasteiger partial charge is 0.481 e. The van der Waals surface area contributed by atoms with Gasteiger partial charge in [-0.15, -0.1) is 13.2 Å². The Labute approximate surface area is 97.0 Å². The van der Waals surface area contributed by atoms with Crippen LogP contribution in [0.15, 0.2) is 6.07 Å². The number of carboxylic acid groups (broad SMARTS) is 1. The van der Waals surface area contributed by atoms with Crippen molar-refractivity contribution in [1.29, 1.82) is 0 Å². The Morgan fingerprint density at radius 1 is 1.39 bits per heavy atom. The molecule has 0 unspecified atom stereocenters. The van der Waals surface area contributed by atoms with Crippen molar-refractivity contribution >= 4 is 5.97 Å². The van der Waals surface area contributed by atoms with Crippen molar-refractivity contribution in [2.24, 2.45) is 0 Å². The maximum absolute atomic E-state index is 13.2. The van der Waals surface area contributed by atoms with Crippen LogP contribution in [0.4, 0.5) is 22.0 Å². The van der Waals surface area contributed by atoms with Crippen molar-refractivity contribution in [1.82, 2.24) is 4.98 Å². The molecule has 0 fully saturated rings. The molecule has 1 heterocycles. The van der Waals surface area contributed by atoms with Crippen LogP contribution in [0.1, 0.15) is 11.1 Å². The van der Waals surface area contributed by atoms with Crippen LogP contribution < -0.4 is 4.74 Å². The second-order valence-corrected chi connectivity index (χ2v) is 3.15. The van der Waals surface area contributed by atoms with Crippen molar-refractivity contribution < 1.29 is 36.6 Å². The molecule has 0 spiro atoms. The van der Waals surface area contributed by atoms with Crippen molar-refractivity contribution in [2.75, 3.05) is 0 Å². The first kappa shape index (κ1) is 14.1. The SMILES string of the molecule is O=C(O)Cc1cc(CF)c(OC(F)(F)F)nc1F. The minimum atomic E-state index is -5.14. The van der Waals surface area contributed by atoms with E-state index in [9.17, 15) is 26.7 Å². The Bertz CT molecular complexity index is 460. The molecule has 0 bridgehead atoms. The summed E-state index contributed by atoms with van der Waals surface area (Å²) >= 11 is 0. The van der Waals surface area contributed by atoms with Gasteiger partial charge in [-0.25, -0.2) is 4.39 Å². The fourth-order valence-corrected chi connectivity index (χ4v) is 1.14. The average molecular weight is 271 g/mol. The Kier molecular flexibility index (Phi) is 4.04. The molecule has 0 aliphatic carbocycles. The van der Waals surface area contributed by atoms with E-state index in [1.165, 1.54) is 0 Å². The largest absolute Gasteiger partial charge is 0.574 e. The molecule has 0 atom stereocenters. The number of halogens is 5. The van der Waals surface area contributed by atoms with E-state index in [-0.39, 0.29) is 0 Å². The summed E-state index contributed by atoms with van der Waals surface area (Å²) in [6.45, 7) is -1.40. The lowest BCUT2D eigenvalue weighted by Crippen LogP contribution is -2.20. The molecule has 0 amide bonds. The van der Waals surface area contributed by atoms with Gasteiger partial charge in [0.05, 0.1) is 6.42 Å². The van der Waals surface area contributed by atoms with E-state index in [0.717, 1.165) is 0 Å².